The second-order valence-corrected chi connectivity index (χ2v) is 8.08. The van der Waals surface area contributed by atoms with Crippen LogP contribution in [0, 0.1) is 11.8 Å². The lowest BCUT2D eigenvalue weighted by molar-refractivity contribution is -0.126. The number of methoxy groups -OCH3 is 1. The third-order valence-electron chi connectivity index (χ3n) is 6.35. The summed E-state index contributed by atoms with van der Waals surface area (Å²) in [6.45, 7) is 3.65. The minimum atomic E-state index is 0.158. The van der Waals surface area contributed by atoms with E-state index in [1.165, 1.54) is 24.8 Å². The summed E-state index contributed by atoms with van der Waals surface area (Å²) in [6, 6.07) is 8.54. The van der Waals surface area contributed by atoms with Crippen molar-refractivity contribution < 1.29 is 9.53 Å². The quantitative estimate of drug-likeness (QED) is 0.771. The van der Waals surface area contributed by atoms with E-state index in [4.69, 9.17) is 10.5 Å². The molecule has 1 unspecified atom stereocenters. The molecule has 150 valence electrons. The van der Waals surface area contributed by atoms with Gasteiger partial charge >= 0.3 is 0 Å². The Kier molecular flexibility index (Phi) is 7.53. The molecule has 1 aliphatic heterocycles. The highest BCUT2D eigenvalue weighted by atomic mass is 16.5. The third kappa shape index (κ3) is 5.45. The Morgan fingerprint density at radius 2 is 1.81 bits per heavy atom. The molecule has 3 rings (SSSR count). The molecule has 1 heterocycles. The zero-order chi connectivity index (χ0) is 19.1. The molecule has 1 amide bonds. The molecule has 5 nitrogen and oxygen atoms in total. The maximum Gasteiger partial charge on any atom is 0.223 e. The van der Waals surface area contributed by atoms with Crippen LogP contribution < -0.4 is 15.8 Å². The lowest BCUT2D eigenvalue weighted by Gasteiger charge is -2.35. The molecule has 0 aromatic heterocycles. The molecule has 1 aliphatic carbocycles. The average molecular weight is 374 g/mol. The zero-order valence-corrected chi connectivity index (χ0v) is 16.7. The Morgan fingerprint density at radius 1 is 1.15 bits per heavy atom. The molecule has 0 spiro atoms. The normalized spacial score (nSPS) is 25.0. The molecule has 2 fully saturated rings. The first-order valence-corrected chi connectivity index (χ1v) is 10.6. The average Bonchev–Trinajstić information content (AvgIpc) is 2.75. The summed E-state index contributed by atoms with van der Waals surface area (Å²) in [6.07, 6.45) is 7.91. The predicted octanol–water partition coefficient (Wildman–Crippen LogP) is 3.10. The fraction of sp³-hybridized carbons (Fsp3) is 0.682. The van der Waals surface area contributed by atoms with Crippen molar-refractivity contribution in [1.82, 2.24) is 10.2 Å². The van der Waals surface area contributed by atoms with Crippen LogP contribution >= 0.6 is 0 Å². The van der Waals surface area contributed by atoms with Gasteiger partial charge < -0.3 is 15.8 Å². The number of hydrogen-bond donors (Lipinski definition) is 2. The van der Waals surface area contributed by atoms with Gasteiger partial charge in [-0.05, 0) is 81.8 Å². The summed E-state index contributed by atoms with van der Waals surface area (Å²) < 4.78 is 5.30. The monoisotopic (exact) mass is 373 g/mol. The number of ether oxygens (including phenoxy) is 1. The van der Waals surface area contributed by atoms with E-state index in [1.54, 1.807) is 7.11 Å². The number of hydrogen-bond acceptors (Lipinski definition) is 4. The summed E-state index contributed by atoms with van der Waals surface area (Å²) in [5, 5.41) is 3.27. The van der Waals surface area contributed by atoms with Crippen LogP contribution in [0.25, 0.3) is 0 Å². The number of likely N-dealkylation sites (tertiary alicyclic amines) is 1. The molecular weight excluding hydrogens is 338 g/mol. The molecule has 1 aromatic carbocycles. The first-order chi connectivity index (χ1) is 13.2. The Labute approximate surface area is 163 Å². The number of nitrogens with one attached hydrogen (secondary N) is 1. The van der Waals surface area contributed by atoms with Crippen molar-refractivity contribution in [3.63, 3.8) is 0 Å². The summed E-state index contributed by atoms with van der Waals surface area (Å²) in [5.74, 6) is 1.86. The Morgan fingerprint density at radius 3 is 2.41 bits per heavy atom. The molecule has 0 radical (unpaired) electrons. The standard InChI is InChI=1S/C22H35N3O2/c1-27-20-11-9-18(10-12-20)21(25-13-3-2-4-14-25)16-24-22(26)19-7-5-17(15-23)6-8-19/h9-12,17,19,21H,2-8,13-16,23H2,1H3,(H,24,26). The highest BCUT2D eigenvalue weighted by Crippen LogP contribution is 2.29. The molecular formula is C22H35N3O2. The van der Waals surface area contributed by atoms with Crippen LogP contribution in [0.3, 0.4) is 0 Å². The first kappa shape index (κ1) is 20.2. The molecule has 1 atom stereocenters. The maximum atomic E-state index is 12.7. The van der Waals surface area contributed by atoms with Gasteiger partial charge in [0.2, 0.25) is 5.91 Å². The van der Waals surface area contributed by atoms with E-state index in [0.29, 0.717) is 12.5 Å². The first-order valence-electron chi connectivity index (χ1n) is 10.6. The van der Waals surface area contributed by atoms with Crippen LogP contribution in [0.4, 0.5) is 0 Å². The van der Waals surface area contributed by atoms with Crippen LogP contribution in [0.5, 0.6) is 5.75 Å². The van der Waals surface area contributed by atoms with Crippen molar-refractivity contribution >= 4 is 5.91 Å². The van der Waals surface area contributed by atoms with Crippen LogP contribution in [-0.2, 0) is 4.79 Å². The third-order valence-corrected chi connectivity index (χ3v) is 6.35. The molecule has 5 heteroatoms. The van der Waals surface area contributed by atoms with Gasteiger partial charge in [-0.15, -0.1) is 0 Å². The summed E-state index contributed by atoms with van der Waals surface area (Å²) in [7, 11) is 1.69. The van der Waals surface area contributed by atoms with Gasteiger partial charge in [0.25, 0.3) is 0 Å². The summed E-state index contributed by atoms with van der Waals surface area (Å²) in [5.41, 5.74) is 7.03. The van der Waals surface area contributed by atoms with Crippen LogP contribution in [0.2, 0.25) is 0 Å². The smallest absolute Gasteiger partial charge is 0.223 e. The van der Waals surface area contributed by atoms with E-state index in [2.05, 4.69) is 22.3 Å². The van der Waals surface area contributed by atoms with Gasteiger partial charge in [-0.1, -0.05) is 18.6 Å². The minimum absolute atomic E-state index is 0.158. The van der Waals surface area contributed by atoms with Gasteiger partial charge in [0.15, 0.2) is 0 Å². The number of benzene rings is 1. The van der Waals surface area contributed by atoms with E-state index < -0.39 is 0 Å². The minimum Gasteiger partial charge on any atom is -0.497 e. The van der Waals surface area contributed by atoms with Gasteiger partial charge in [0.05, 0.1) is 13.2 Å². The molecule has 1 aromatic rings. The Balaban J connectivity index is 1.61. The van der Waals surface area contributed by atoms with E-state index in [1.807, 2.05) is 12.1 Å². The lowest BCUT2D eigenvalue weighted by atomic mass is 9.81. The van der Waals surface area contributed by atoms with Gasteiger partial charge in [-0.2, -0.15) is 0 Å². The number of carbonyl (C=O) groups is 1. The van der Waals surface area contributed by atoms with Gasteiger partial charge in [0, 0.05) is 12.5 Å². The second-order valence-electron chi connectivity index (χ2n) is 8.08. The maximum absolute atomic E-state index is 12.7. The molecule has 0 bridgehead atoms. The van der Waals surface area contributed by atoms with Crippen molar-refractivity contribution in [3.8, 4) is 5.75 Å². The van der Waals surface area contributed by atoms with E-state index in [-0.39, 0.29) is 17.9 Å². The van der Waals surface area contributed by atoms with Crippen LogP contribution in [0.15, 0.2) is 24.3 Å². The second kappa shape index (κ2) is 10.1. The Bertz CT molecular complexity index is 576. The molecule has 1 saturated heterocycles. The largest absolute Gasteiger partial charge is 0.497 e. The van der Waals surface area contributed by atoms with E-state index in [9.17, 15) is 4.79 Å². The number of nitrogens with two attached hydrogens (primary N) is 1. The van der Waals surface area contributed by atoms with Crippen molar-refractivity contribution in [1.29, 1.82) is 0 Å². The topological polar surface area (TPSA) is 67.6 Å². The molecule has 2 aliphatic rings. The predicted molar refractivity (Wildman–Crippen MR) is 109 cm³/mol. The summed E-state index contributed by atoms with van der Waals surface area (Å²) >= 11 is 0. The van der Waals surface area contributed by atoms with Gasteiger partial charge in [0.1, 0.15) is 5.75 Å². The lowest BCUT2D eigenvalue weighted by Crippen LogP contribution is -2.42. The van der Waals surface area contributed by atoms with Crippen molar-refractivity contribution in [2.24, 2.45) is 17.6 Å². The SMILES string of the molecule is COc1ccc(C(CNC(=O)C2CCC(CN)CC2)N2CCCCC2)cc1. The number of amides is 1. The van der Waals surface area contributed by atoms with Crippen molar-refractivity contribution in [2.75, 3.05) is 33.3 Å². The molecule has 27 heavy (non-hydrogen) atoms. The highest BCUT2D eigenvalue weighted by Gasteiger charge is 2.27. The Hall–Kier alpha value is -1.59. The van der Waals surface area contributed by atoms with E-state index in [0.717, 1.165) is 51.1 Å². The summed E-state index contributed by atoms with van der Waals surface area (Å²) in [4.78, 5) is 15.3. The number of piperidine rings is 1. The zero-order valence-electron chi connectivity index (χ0n) is 16.7. The van der Waals surface area contributed by atoms with Gasteiger partial charge in [-0.25, -0.2) is 0 Å². The molecule has 1 saturated carbocycles. The van der Waals surface area contributed by atoms with Crippen molar-refractivity contribution in [2.45, 2.75) is 51.0 Å². The molecule has 3 N–H and O–H groups in total. The fourth-order valence-corrected chi connectivity index (χ4v) is 4.52. The van der Waals surface area contributed by atoms with E-state index >= 15 is 0 Å². The number of carbonyl (C=O) groups excluding carboxylic acids is 1. The van der Waals surface area contributed by atoms with Crippen LogP contribution in [0.1, 0.15) is 56.6 Å². The number of nitrogens with zero attached hydrogens (tertiary/aromatic N) is 1. The number of rotatable bonds is 7. The fourth-order valence-electron chi connectivity index (χ4n) is 4.52. The highest BCUT2D eigenvalue weighted by molar-refractivity contribution is 5.78. The van der Waals surface area contributed by atoms with Gasteiger partial charge in [-0.3, -0.25) is 9.69 Å². The van der Waals surface area contributed by atoms with Crippen molar-refractivity contribution in [3.05, 3.63) is 29.8 Å². The van der Waals surface area contributed by atoms with Crippen LogP contribution in [-0.4, -0.2) is 44.1 Å².